The van der Waals surface area contributed by atoms with Gasteiger partial charge in [-0.3, -0.25) is 19.6 Å². The van der Waals surface area contributed by atoms with E-state index >= 15 is 8.78 Å². The molecule has 1 saturated carbocycles. The van der Waals surface area contributed by atoms with Crippen molar-refractivity contribution in [2.45, 2.75) is 94.6 Å². The van der Waals surface area contributed by atoms with Gasteiger partial charge in [-0.25, -0.2) is 18.7 Å². The van der Waals surface area contributed by atoms with Crippen molar-refractivity contribution in [2.24, 2.45) is 5.92 Å². The van der Waals surface area contributed by atoms with Crippen molar-refractivity contribution in [1.29, 1.82) is 0 Å². The van der Waals surface area contributed by atoms with E-state index in [2.05, 4.69) is 58.9 Å². The summed E-state index contributed by atoms with van der Waals surface area (Å²) in [5.41, 5.74) is 1.46. The number of H-pyrrole nitrogens is 1. The summed E-state index contributed by atoms with van der Waals surface area (Å²) >= 11 is 0. The van der Waals surface area contributed by atoms with Crippen LogP contribution in [0.25, 0.3) is 22.3 Å². The predicted octanol–water partition coefficient (Wildman–Crippen LogP) is 5.13. The summed E-state index contributed by atoms with van der Waals surface area (Å²) in [6.45, 7) is 11.0. The number of aromatic amines is 1. The summed E-state index contributed by atoms with van der Waals surface area (Å²) in [4.78, 5) is 57.1. The fraction of sp³-hybridized carbons (Fsp3) is 0.565. The first-order chi connectivity index (χ1) is 29.9. The number of amides is 2. The van der Waals surface area contributed by atoms with Gasteiger partial charge in [-0.2, -0.15) is 5.10 Å². The number of nitrogens with one attached hydrogen (secondary N) is 2. The molecule has 2 atom stereocenters. The van der Waals surface area contributed by atoms with E-state index in [1.807, 2.05) is 24.3 Å². The van der Waals surface area contributed by atoms with E-state index in [0.717, 1.165) is 105 Å². The summed E-state index contributed by atoms with van der Waals surface area (Å²) in [5.74, 6) is 1.15. The third-order valence-electron chi connectivity index (χ3n) is 14.7. The number of carbonyl (C=O) groups excluding carboxylic acids is 3. The lowest BCUT2D eigenvalue weighted by atomic mass is 9.89. The van der Waals surface area contributed by atoms with E-state index in [1.165, 1.54) is 11.0 Å². The maximum Gasteiger partial charge on any atom is 0.255 e. The molecule has 4 saturated heterocycles. The van der Waals surface area contributed by atoms with Crippen molar-refractivity contribution in [3.05, 3.63) is 59.7 Å². The molecular formula is C46H56F2N10O4. The molecule has 1 unspecified atom stereocenters. The predicted molar refractivity (Wildman–Crippen MR) is 230 cm³/mol. The highest BCUT2D eigenvalue weighted by atomic mass is 19.1. The number of nitrogens with zero attached hydrogens (tertiary/aromatic N) is 8. The average Bonchev–Trinajstić information content (AvgIpc) is 3.70. The van der Waals surface area contributed by atoms with Crippen LogP contribution in [0.4, 0.5) is 20.3 Å². The second kappa shape index (κ2) is 15.8. The van der Waals surface area contributed by atoms with Gasteiger partial charge in [0.25, 0.3) is 5.91 Å². The van der Waals surface area contributed by atoms with Gasteiger partial charge in [0.15, 0.2) is 0 Å². The van der Waals surface area contributed by atoms with Gasteiger partial charge in [-0.15, -0.1) is 0 Å². The Hall–Kier alpha value is -5.22. The molecule has 0 bridgehead atoms. The lowest BCUT2D eigenvalue weighted by Gasteiger charge is -2.45. The summed E-state index contributed by atoms with van der Waals surface area (Å²) in [5, 5.41) is 11.4. The number of hydrogen-bond acceptors (Lipinski definition) is 11. The van der Waals surface area contributed by atoms with Crippen molar-refractivity contribution in [3.63, 3.8) is 0 Å². The number of hydrogen-bond donors (Lipinski definition) is 2. The summed E-state index contributed by atoms with van der Waals surface area (Å²) in [6, 6.07) is 11.3. The Morgan fingerprint density at radius 2 is 1.76 bits per heavy atom. The molecular weight excluding hydrogens is 795 g/mol. The highest BCUT2D eigenvalue weighted by Gasteiger charge is 2.47. The van der Waals surface area contributed by atoms with E-state index in [9.17, 15) is 14.4 Å². The van der Waals surface area contributed by atoms with Crippen LogP contribution < -0.4 is 19.9 Å². The minimum Gasteiger partial charge on any atom is -0.488 e. The fourth-order valence-electron chi connectivity index (χ4n) is 10.4. The van der Waals surface area contributed by atoms with E-state index in [0.29, 0.717) is 49.6 Å². The van der Waals surface area contributed by atoms with Crippen molar-refractivity contribution in [1.82, 2.24) is 40.2 Å². The Morgan fingerprint density at radius 1 is 0.952 bits per heavy atom. The van der Waals surface area contributed by atoms with E-state index in [-0.39, 0.29) is 55.0 Å². The van der Waals surface area contributed by atoms with Crippen LogP contribution in [0.3, 0.4) is 0 Å². The Kier molecular flexibility index (Phi) is 10.4. The summed E-state index contributed by atoms with van der Waals surface area (Å²) in [7, 11) is 0. The number of carbonyl (C=O) groups is 3. The first kappa shape index (κ1) is 40.8. The number of piperidine rings is 3. The van der Waals surface area contributed by atoms with Crippen LogP contribution in [0.2, 0.25) is 0 Å². The Morgan fingerprint density at radius 3 is 2.48 bits per heavy atom. The van der Waals surface area contributed by atoms with Crippen LogP contribution in [0.15, 0.2) is 42.7 Å². The molecule has 0 spiro atoms. The van der Waals surface area contributed by atoms with Crippen molar-refractivity contribution in [2.75, 3.05) is 75.2 Å². The number of rotatable bonds is 11. The van der Waals surface area contributed by atoms with Crippen LogP contribution >= 0.6 is 0 Å². The number of ether oxygens (including phenoxy) is 1. The maximum absolute atomic E-state index is 16.5. The maximum atomic E-state index is 16.5. The molecule has 5 fully saturated rings. The highest BCUT2D eigenvalue weighted by molar-refractivity contribution is 6.01. The monoisotopic (exact) mass is 850 g/mol. The second-order valence-electron chi connectivity index (χ2n) is 19.1. The molecule has 14 nitrogen and oxygen atoms in total. The molecule has 1 aliphatic carbocycles. The van der Waals surface area contributed by atoms with Crippen LogP contribution in [0, 0.1) is 11.7 Å². The largest absolute Gasteiger partial charge is 0.488 e. The summed E-state index contributed by atoms with van der Waals surface area (Å²) in [6.07, 6.45) is 7.69. The number of alkyl halides is 1. The highest BCUT2D eigenvalue weighted by Crippen LogP contribution is 2.41. The number of aldehydes is 1. The summed E-state index contributed by atoms with van der Waals surface area (Å²) < 4.78 is 38.3. The molecule has 2 N–H and O–H groups in total. The zero-order valence-electron chi connectivity index (χ0n) is 35.7. The van der Waals surface area contributed by atoms with Crippen LogP contribution in [0.5, 0.6) is 5.75 Å². The Bertz CT molecular complexity index is 2360. The number of likely N-dealkylation sites (tertiary alicyclic amines) is 1. The SMILES string of the molecule is C[C@H]1CN(c2cc(-c3n[nH]c4ccc(OC5(C)CC5)cc34)ncn2)CCN1CC1(F)CCN(CC2CCN(c3cc4c(cc3F)C(=O)N(C3(C=O)CCC(=O)NC3)C4)CC2)CC1. The third-order valence-corrected chi connectivity index (χ3v) is 14.7. The van der Waals surface area contributed by atoms with Gasteiger partial charge in [-0.05, 0) is 101 Å². The quantitative estimate of drug-likeness (QED) is 0.194. The normalized spacial score (nSPS) is 25.5. The van der Waals surface area contributed by atoms with Gasteiger partial charge < -0.3 is 34.4 Å². The minimum atomic E-state index is -1.24. The molecule has 62 heavy (non-hydrogen) atoms. The van der Waals surface area contributed by atoms with Gasteiger partial charge in [0.2, 0.25) is 5.91 Å². The van der Waals surface area contributed by atoms with Crippen LogP contribution in [-0.2, 0) is 16.1 Å². The molecule has 2 amide bonds. The molecule has 328 valence electrons. The Balaban J connectivity index is 0.694. The Labute approximate surface area is 360 Å². The van der Waals surface area contributed by atoms with Gasteiger partial charge in [0, 0.05) is 101 Å². The first-order valence-electron chi connectivity index (χ1n) is 22.4. The zero-order chi connectivity index (χ0) is 42.8. The third kappa shape index (κ3) is 7.88. The topological polar surface area (TPSA) is 143 Å². The number of anilines is 2. The lowest BCUT2D eigenvalue weighted by Crippen LogP contribution is -2.60. The molecule has 10 rings (SSSR count). The smallest absolute Gasteiger partial charge is 0.255 e. The van der Waals surface area contributed by atoms with Gasteiger partial charge in [0.1, 0.15) is 52.5 Å². The van der Waals surface area contributed by atoms with Crippen molar-refractivity contribution in [3.8, 4) is 17.1 Å². The second-order valence-corrected chi connectivity index (χ2v) is 19.1. The molecule has 4 aromatic rings. The van der Waals surface area contributed by atoms with Crippen LogP contribution in [-0.4, -0.2) is 141 Å². The van der Waals surface area contributed by atoms with Crippen molar-refractivity contribution >= 4 is 40.5 Å². The van der Waals surface area contributed by atoms with Gasteiger partial charge >= 0.3 is 0 Å². The lowest BCUT2D eigenvalue weighted by molar-refractivity contribution is -0.128. The minimum absolute atomic E-state index is 0.0643. The molecule has 7 heterocycles. The van der Waals surface area contributed by atoms with E-state index in [1.54, 1.807) is 12.4 Å². The fourth-order valence-corrected chi connectivity index (χ4v) is 10.4. The number of piperazine rings is 1. The van der Waals surface area contributed by atoms with Crippen molar-refractivity contribution < 1.29 is 27.9 Å². The first-order valence-corrected chi connectivity index (χ1v) is 22.4. The van der Waals surface area contributed by atoms with E-state index < -0.39 is 17.0 Å². The average molecular weight is 851 g/mol. The molecule has 6 aliphatic rings. The molecule has 2 aromatic carbocycles. The number of fused-ring (bicyclic) bond motifs is 2. The number of halogens is 2. The van der Waals surface area contributed by atoms with Gasteiger partial charge in [-0.1, -0.05) is 0 Å². The van der Waals surface area contributed by atoms with Crippen LogP contribution in [0.1, 0.15) is 81.1 Å². The standard InChI is InChI=1S/C46H56F2N10O4/c1-30-23-56(40-22-38(50-29-51-40)42-35-20-33(62-44(2)9-10-44)3-4-37(35)52-53-42)17-18-57(30)27-45(48)11-15-54(16-12-45)24-31-6-13-55(14-7-31)39-19-32-25-58(43(61)34(32)21-36(39)47)46(28-59)8-5-41(60)49-26-46/h3-4,19-22,28-31H,5-18,23-27H2,1-2H3,(H,49,60)(H,52,53)/t30-,46?/m0/s1. The van der Waals surface area contributed by atoms with E-state index in [4.69, 9.17) is 4.74 Å². The molecule has 0 radical (unpaired) electrons. The number of aromatic nitrogens is 4. The molecule has 5 aliphatic heterocycles. The molecule has 2 aromatic heterocycles. The van der Waals surface area contributed by atoms with Gasteiger partial charge in [0.05, 0.1) is 16.9 Å². The number of benzene rings is 2. The molecule has 16 heteroatoms. The zero-order valence-corrected chi connectivity index (χ0v) is 35.7.